The number of ether oxygens (including phenoxy) is 1. The van der Waals surface area contributed by atoms with Crippen molar-refractivity contribution in [2.24, 2.45) is 17.6 Å². The van der Waals surface area contributed by atoms with Crippen LogP contribution in [0, 0.1) is 11.8 Å². The minimum absolute atomic E-state index is 0.00898. The molecule has 0 spiro atoms. The zero-order chi connectivity index (χ0) is 16.0. The third-order valence-corrected chi connectivity index (χ3v) is 5.91. The zero-order valence-corrected chi connectivity index (χ0v) is 13.9. The van der Waals surface area contributed by atoms with Crippen LogP contribution in [-0.2, 0) is 11.2 Å². The quantitative estimate of drug-likeness (QED) is 0.874. The van der Waals surface area contributed by atoms with Crippen molar-refractivity contribution in [3.63, 3.8) is 0 Å². The van der Waals surface area contributed by atoms with E-state index < -0.39 is 6.10 Å². The summed E-state index contributed by atoms with van der Waals surface area (Å²) in [5.74, 6) is 1.84. The normalized spacial score (nSPS) is 35.3. The summed E-state index contributed by atoms with van der Waals surface area (Å²) in [4.78, 5) is 12.7. The van der Waals surface area contributed by atoms with Gasteiger partial charge in [-0.1, -0.05) is 18.0 Å². The molecular weight excluding hydrogens is 312 g/mol. The van der Waals surface area contributed by atoms with Gasteiger partial charge in [0.15, 0.2) is 6.10 Å². The Morgan fingerprint density at radius 2 is 2.00 bits per heavy atom. The minimum Gasteiger partial charge on any atom is -0.480 e. The highest BCUT2D eigenvalue weighted by molar-refractivity contribution is 6.30. The maximum atomic E-state index is 12.7. The first-order valence-corrected chi connectivity index (χ1v) is 8.99. The largest absolute Gasteiger partial charge is 0.480 e. The van der Waals surface area contributed by atoms with Gasteiger partial charge in [-0.15, -0.1) is 0 Å². The summed E-state index contributed by atoms with van der Waals surface area (Å²) in [6.07, 6.45) is 5.85. The molecule has 4 nitrogen and oxygen atoms in total. The van der Waals surface area contributed by atoms with Gasteiger partial charge in [-0.05, 0) is 61.3 Å². The average Bonchev–Trinajstić information content (AvgIpc) is 2.91. The molecule has 2 bridgehead atoms. The molecule has 0 saturated heterocycles. The third kappa shape index (κ3) is 2.94. The lowest BCUT2D eigenvalue weighted by Crippen LogP contribution is -2.55. The van der Waals surface area contributed by atoms with Crippen molar-refractivity contribution in [3.8, 4) is 5.75 Å². The molecule has 2 aliphatic carbocycles. The van der Waals surface area contributed by atoms with Crippen LogP contribution in [-0.4, -0.2) is 24.1 Å². The Labute approximate surface area is 141 Å². The fourth-order valence-electron chi connectivity index (χ4n) is 4.65. The smallest absolute Gasteiger partial charge is 0.261 e. The van der Waals surface area contributed by atoms with E-state index in [1.54, 1.807) is 6.07 Å². The SMILES string of the molecule is NC1CC2CCCC(C1)C2NC(=O)C1Cc2cc(Cl)ccc2O1. The lowest BCUT2D eigenvalue weighted by molar-refractivity contribution is -0.129. The number of nitrogens with two attached hydrogens (primary N) is 1. The van der Waals surface area contributed by atoms with E-state index in [2.05, 4.69) is 5.32 Å². The van der Waals surface area contributed by atoms with Crippen LogP contribution >= 0.6 is 11.6 Å². The Kier molecular flexibility index (Phi) is 3.98. The highest BCUT2D eigenvalue weighted by Crippen LogP contribution is 2.40. The number of benzene rings is 1. The molecule has 1 aliphatic heterocycles. The summed E-state index contributed by atoms with van der Waals surface area (Å²) < 4.78 is 5.81. The molecule has 1 heterocycles. The maximum absolute atomic E-state index is 12.7. The topological polar surface area (TPSA) is 64.3 Å². The summed E-state index contributed by atoms with van der Waals surface area (Å²) in [5.41, 5.74) is 7.18. The van der Waals surface area contributed by atoms with Crippen molar-refractivity contribution in [3.05, 3.63) is 28.8 Å². The molecule has 2 saturated carbocycles. The molecule has 1 amide bonds. The Bertz CT molecular complexity index is 607. The summed E-state index contributed by atoms with van der Waals surface area (Å²) >= 11 is 6.02. The van der Waals surface area contributed by atoms with Crippen LogP contribution in [0.25, 0.3) is 0 Å². The van der Waals surface area contributed by atoms with Gasteiger partial charge in [-0.25, -0.2) is 0 Å². The number of carbonyl (C=O) groups excluding carboxylic acids is 1. The average molecular weight is 335 g/mol. The number of hydrogen-bond acceptors (Lipinski definition) is 3. The van der Waals surface area contributed by atoms with Crippen LogP contribution in [0.1, 0.15) is 37.7 Å². The molecule has 3 N–H and O–H groups in total. The molecule has 23 heavy (non-hydrogen) atoms. The molecule has 0 radical (unpaired) electrons. The van der Waals surface area contributed by atoms with E-state index in [0.717, 1.165) is 24.2 Å². The van der Waals surface area contributed by atoms with Gasteiger partial charge in [0.2, 0.25) is 0 Å². The van der Waals surface area contributed by atoms with E-state index in [1.165, 1.54) is 19.3 Å². The first-order valence-electron chi connectivity index (χ1n) is 8.61. The molecule has 2 fully saturated rings. The van der Waals surface area contributed by atoms with Gasteiger partial charge in [-0.2, -0.15) is 0 Å². The van der Waals surface area contributed by atoms with E-state index in [9.17, 15) is 4.79 Å². The molecule has 5 heteroatoms. The summed E-state index contributed by atoms with van der Waals surface area (Å²) in [5, 5.41) is 3.96. The fraction of sp³-hybridized carbons (Fsp3) is 0.611. The molecule has 124 valence electrons. The number of hydrogen-bond donors (Lipinski definition) is 2. The highest BCUT2D eigenvalue weighted by atomic mass is 35.5. The third-order valence-electron chi connectivity index (χ3n) is 5.67. The first-order chi connectivity index (χ1) is 11.1. The predicted octanol–water partition coefficient (Wildman–Crippen LogP) is 2.67. The van der Waals surface area contributed by atoms with Crippen LogP contribution in [0.3, 0.4) is 0 Å². The van der Waals surface area contributed by atoms with Crippen LogP contribution in [0.15, 0.2) is 18.2 Å². The Hall–Kier alpha value is -1.26. The molecular formula is C18H23ClN2O2. The molecule has 1 aromatic rings. The lowest BCUT2D eigenvalue weighted by Gasteiger charge is -2.45. The van der Waals surface area contributed by atoms with Crippen molar-refractivity contribution in [2.45, 2.75) is 56.7 Å². The van der Waals surface area contributed by atoms with Crippen molar-refractivity contribution in [1.29, 1.82) is 0 Å². The number of amides is 1. The van der Waals surface area contributed by atoms with Crippen molar-refractivity contribution >= 4 is 17.5 Å². The number of carbonyl (C=O) groups is 1. The van der Waals surface area contributed by atoms with Crippen molar-refractivity contribution < 1.29 is 9.53 Å². The molecule has 0 aromatic heterocycles. The van der Waals surface area contributed by atoms with Crippen LogP contribution in [0.2, 0.25) is 5.02 Å². The van der Waals surface area contributed by atoms with Gasteiger partial charge in [0, 0.05) is 23.5 Å². The summed E-state index contributed by atoms with van der Waals surface area (Å²) in [6, 6.07) is 6.10. The number of nitrogens with one attached hydrogen (secondary N) is 1. The lowest BCUT2D eigenvalue weighted by atomic mass is 9.67. The molecule has 3 aliphatic rings. The maximum Gasteiger partial charge on any atom is 0.261 e. The number of halogens is 1. The summed E-state index contributed by atoms with van der Waals surface area (Å²) in [6.45, 7) is 0. The standard InChI is InChI=1S/C18H23ClN2O2/c19-13-4-5-15-12(6-13)9-16(23-15)18(22)21-17-10-2-1-3-11(17)8-14(20)7-10/h4-6,10-11,14,16-17H,1-3,7-9,20H2,(H,21,22). The van der Waals surface area contributed by atoms with Gasteiger partial charge in [-0.3, -0.25) is 4.79 Å². The van der Waals surface area contributed by atoms with Gasteiger partial charge in [0.1, 0.15) is 5.75 Å². The van der Waals surface area contributed by atoms with Gasteiger partial charge in [0.25, 0.3) is 5.91 Å². The van der Waals surface area contributed by atoms with Gasteiger partial charge in [0.05, 0.1) is 0 Å². The Morgan fingerprint density at radius 3 is 2.74 bits per heavy atom. The first kappa shape index (κ1) is 15.3. The van der Waals surface area contributed by atoms with E-state index in [1.807, 2.05) is 12.1 Å². The second kappa shape index (κ2) is 5.99. The van der Waals surface area contributed by atoms with E-state index >= 15 is 0 Å². The van der Waals surface area contributed by atoms with E-state index in [4.69, 9.17) is 22.1 Å². The van der Waals surface area contributed by atoms with Crippen molar-refractivity contribution in [1.82, 2.24) is 5.32 Å². The second-order valence-electron chi connectivity index (χ2n) is 7.28. The van der Waals surface area contributed by atoms with E-state index in [-0.39, 0.29) is 11.9 Å². The van der Waals surface area contributed by atoms with E-state index in [0.29, 0.717) is 29.3 Å². The number of fused-ring (bicyclic) bond motifs is 3. The minimum atomic E-state index is -0.431. The van der Waals surface area contributed by atoms with Crippen LogP contribution in [0.5, 0.6) is 5.75 Å². The predicted molar refractivity (Wildman–Crippen MR) is 89.5 cm³/mol. The number of rotatable bonds is 2. The fourth-order valence-corrected chi connectivity index (χ4v) is 4.84. The van der Waals surface area contributed by atoms with Gasteiger partial charge < -0.3 is 15.8 Å². The highest BCUT2D eigenvalue weighted by Gasteiger charge is 2.41. The van der Waals surface area contributed by atoms with Crippen LogP contribution < -0.4 is 15.8 Å². The molecule has 4 rings (SSSR count). The Morgan fingerprint density at radius 1 is 1.26 bits per heavy atom. The molecule has 3 atom stereocenters. The van der Waals surface area contributed by atoms with Crippen LogP contribution in [0.4, 0.5) is 0 Å². The Balaban J connectivity index is 1.43. The molecule has 3 unspecified atom stereocenters. The molecule has 1 aromatic carbocycles. The summed E-state index contributed by atoms with van der Waals surface area (Å²) in [7, 11) is 0. The zero-order valence-electron chi connectivity index (χ0n) is 13.1. The van der Waals surface area contributed by atoms with Gasteiger partial charge >= 0.3 is 0 Å². The second-order valence-corrected chi connectivity index (χ2v) is 7.72. The van der Waals surface area contributed by atoms with Crippen molar-refractivity contribution in [2.75, 3.05) is 0 Å². The monoisotopic (exact) mass is 334 g/mol.